The molecule has 0 aliphatic carbocycles. The Morgan fingerprint density at radius 2 is 2.11 bits per heavy atom. The molecule has 1 saturated heterocycles. The lowest BCUT2D eigenvalue weighted by molar-refractivity contribution is -0.149. The van der Waals surface area contributed by atoms with Gasteiger partial charge in [0.1, 0.15) is 13.2 Å². The van der Waals surface area contributed by atoms with E-state index in [1.54, 1.807) is 26.0 Å². The molecule has 0 radical (unpaired) electrons. The van der Waals surface area contributed by atoms with Gasteiger partial charge in [0.05, 0.1) is 18.1 Å². The Hall–Kier alpha value is -2.44. The van der Waals surface area contributed by atoms with Gasteiger partial charge in [-0.15, -0.1) is 6.42 Å². The average molecular weight is 468 g/mol. The molecule has 1 fully saturated rings. The zero-order chi connectivity index (χ0) is 20.8. The number of esters is 1. The Morgan fingerprint density at radius 3 is 2.71 bits per heavy atom. The monoisotopic (exact) mass is 467 g/mol. The highest BCUT2D eigenvalue weighted by Gasteiger charge is 2.37. The first-order chi connectivity index (χ1) is 13.3. The van der Waals surface area contributed by atoms with Gasteiger partial charge >= 0.3 is 5.97 Å². The molecular formula is C19H18BrNO6S. The van der Waals surface area contributed by atoms with E-state index in [1.165, 1.54) is 13.2 Å². The Bertz CT molecular complexity index is 874. The molecule has 0 bridgehead atoms. The second-order valence-corrected chi connectivity index (χ2v) is 7.73. The molecule has 0 atom stereocenters. The normalized spacial score (nSPS) is 15.1. The summed E-state index contributed by atoms with van der Waals surface area (Å²) >= 11 is 4.09. The highest BCUT2D eigenvalue weighted by Crippen LogP contribution is 2.39. The van der Waals surface area contributed by atoms with Crippen molar-refractivity contribution in [1.82, 2.24) is 4.90 Å². The summed E-state index contributed by atoms with van der Waals surface area (Å²) in [5, 5.41) is -0.551. The number of amides is 2. The summed E-state index contributed by atoms with van der Waals surface area (Å²) in [4.78, 5) is 37.6. The van der Waals surface area contributed by atoms with E-state index in [0.717, 1.165) is 16.7 Å². The molecule has 1 aliphatic rings. The molecule has 28 heavy (non-hydrogen) atoms. The fourth-order valence-corrected chi connectivity index (χ4v) is 3.61. The predicted octanol–water partition coefficient (Wildman–Crippen LogP) is 3.46. The van der Waals surface area contributed by atoms with Crippen LogP contribution in [0.5, 0.6) is 11.5 Å². The van der Waals surface area contributed by atoms with Crippen LogP contribution in [0.25, 0.3) is 6.08 Å². The van der Waals surface area contributed by atoms with Gasteiger partial charge in [-0.2, -0.15) is 0 Å². The minimum absolute atomic E-state index is 0.00134. The lowest BCUT2D eigenvalue weighted by Crippen LogP contribution is -2.35. The number of rotatable bonds is 7. The van der Waals surface area contributed by atoms with Gasteiger partial charge in [0.15, 0.2) is 11.5 Å². The number of ether oxygens (including phenoxy) is 3. The molecule has 2 amide bonds. The first-order valence-corrected chi connectivity index (χ1v) is 9.76. The van der Waals surface area contributed by atoms with E-state index in [9.17, 15) is 14.4 Å². The van der Waals surface area contributed by atoms with Gasteiger partial charge in [-0.3, -0.25) is 19.3 Å². The Labute approximate surface area is 175 Å². The summed E-state index contributed by atoms with van der Waals surface area (Å²) in [6.07, 6.45) is 6.41. The number of halogens is 1. The molecular weight excluding hydrogens is 450 g/mol. The van der Waals surface area contributed by atoms with Crippen LogP contribution in [0.4, 0.5) is 4.79 Å². The Kier molecular flexibility index (Phi) is 7.54. The maximum atomic E-state index is 12.6. The Morgan fingerprint density at radius 1 is 1.39 bits per heavy atom. The minimum Gasteiger partial charge on any atom is -0.493 e. The van der Waals surface area contributed by atoms with Gasteiger partial charge in [-0.1, -0.05) is 21.9 Å². The number of terminal acetylenes is 1. The summed E-state index contributed by atoms with van der Waals surface area (Å²) in [5.74, 6) is 1.88. The van der Waals surface area contributed by atoms with Crippen LogP contribution in [0.3, 0.4) is 0 Å². The van der Waals surface area contributed by atoms with Crippen LogP contribution >= 0.6 is 27.7 Å². The van der Waals surface area contributed by atoms with Crippen LogP contribution < -0.4 is 9.47 Å². The van der Waals surface area contributed by atoms with Crippen molar-refractivity contribution in [2.45, 2.75) is 20.0 Å². The number of hydrogen-bond acceptors (Lipinski definition) is 7. The van der Waals surface area contributed by atoms with Crippen molar-refractivity contribution in [3.8, 4) is 23.8 Å². The molecule has 0 aromatic heterocycles. The molecule has 7 nitrogen and oxygen atoms in total. The van der Waals surface area contributed by atoms with Gasteiger partial charge in [-0.05, 0) is 43.8 Å². The molecule has 2 rings (SSSR count). The smallest absolute Gasteiger partial charge is 0.326 e. The highest BCUT2D eigenvalue weighted by atomic mass is 79.9. The van der Waals surface area contributed by atoms with E-state index >= 15 is 0 Å². The third-order valence-electron chi connectivity index (χ3n) is 3.38. The van der Waals surface area contributed by atoms with Crippen LogP contribution in [0.15, 0.2) is 21.5 Å². The quantitative estimate of drug-likeness (QED) is 0.345. The van der Waals surface area contributed by atoms with Gasteiger partial charge in [0.2, 0.25) is 0 Å². The van der Waals surface area contributed by atoms with Crippen LogP contribution in [-0.4, -0.2) is 48.4 Å². The van der Waals surface area contributed by atoms with Crippen LogP contribution in [0.1, 0.15) is 19.4 Å². The van der Waals surface area contributed by atoms with E-state index in [4.69, 9.17) is 20.6 Å². The largest absolute Gasteiger partial charge is 0.493 e. The summed E-state index contributed by atoms with van der Waals surface area (Å²) < 4.78 is 16.5. The molecule has 1 aromatic carbocycles. The first kappa shape index (κ1) is 21.9. The van der Waals surface area contributed by atoms with Crippen molar-refractivity contribution >= 4 is 50.9 Å². The van der Waals surface area contributed by atoms with Crippen LogP contribution in [0.2, 0.25) is 0 Å². The third-order valence-corrected chi connectivity index (χ3v) is 4.75. The van der Waals surface area contributed by atoms with E-state index in [-0.39, 0.29) is 17.6 Å². The van der Waals surface area contributed by atoms with Crippen molar-refractivity contribution in [2.24, 2.45) is 0 Å². The number of benzene rings is 1. The second-order valence-electron chi connectivity index (χ2n) is 5.83. The molecule has 0 unspecified atom stereocenters. The zero-order valence-corrected chi connectivity index (χ0v) is 17.9. The summed E-state index contributed by atoms with van der Waals surface area (Å²) in [7, 11) is 1.47. The standard InChI is InChI=1S/C19H18BrNO6S/c1-5-6-26-17-12(7-13(20)9-14(17)25-4)8-15-18(23)21(19(24)28-15)10-16(22)27-11(2)3/h1,7-9,11H,6,10H2,2-4H3/b15-8-. The zero-order valence-electron chi connectivity index (χ0n) is 15.5. The van der Waals surface area contributed by atoms with E-state index < -0.39 is 23.7 Å². The topological polar surface area (TPSA) is 82.1 Å². The maximum absolute atomic E-state index is 12.6. The van der Waals surface area contributed by atoms with Gasteiger partial charge < -0.3 is 14.2 Å². The minimum atomic E-state index is -0.652. The van der Waals surface area contributed by atoms with Gasteiger partial charge in [0, 0.05) is 10.0 Å². The van der Waals surface area contributed by atoms with E-state index in [2.05, 4.69) is 21.9 Å². The van der Waals surface area contributed by atoms with Crippen molar-refractivity contribution in [3.05, 3.63) is 27.1 Å². The van der Waals surface area contributed by atoms with Crippen LogP contribution in [-0.2, 0) is 14.3 Å². The number of imide groups is 1. The highest BCUT2D eigenvalue weighted by molar-refractivity contribution is 9.10. The fraction of sp³-hybridized carbons (Fsp3) is 0.316. The van der Waals surface area contributed by atoms with E-state index in [1.807, 2.05) is 0 Å². The summed E-state index contributed by atoms with van der Waals surface area (Å²) in [6.45, 7) is 2.93. The molecule has 0 spiro atoms. The van der Waals surface area contributed by atoms with Crippen molar-refractivity contribution in [3.63, 3.8) is 0 Å². The lowest BCUT2D eigenvalue weighted by atomic mass is 10.1. The third kappa shape index (κ3) is 5.30. The summed E-state index contributed by atoms with van der Waals surface area (Å²) in [6, 6.07) is 3.40. The molecule has 0 N–H and O–H groups in total. The van der Waals surface area contributed by atoms with E-state index in [0.29, 0.717) is 21.5 Å². The molecule has 148 valence electrons. The van der Waals surface area contributed by atoms with Crippen molar-refractivity contribution < 1.29 is 28.6 Å². The number of thioether (sulfide) groups is 1. The maximum Gasteiger partial charge on any atom is 0.326 e. The van der Waals surface area contributed by atoms with Crippen molar-refractivity contribution in [2.75, 3.05) is 20.3 Å². The molecule has 1 aliphatic heterocycles. The average Bonchev–Trinajstić information content (AvgIpc) is 2.87. The molecule has 9 heteroatoms. The molecule has 1 aromatic rings. The van der Waals surface area contributed by atoms with Crippen LogP contribution in [0, 0.1) is 12.3 Å². The number of methoxy groups -OCH3 is 1. The predicted molar refractivity (Wildman–Crippen MR) is 109 cm³/mol. The first-order valence-electron chi connectivity index (χ1n) is 8.15. The molecule has 0 saturated carbocycles. The fourth-order valence-electron chi connectivity index (χ4n) is 2.32. The van der Waals surface area contributed by atoms with Gasteiger partial charge in [-0.25, -0.2) is 0 Å². The number of carbonyl (C=O) groups excluding carboxylic acids is 3. The lowest BCUT2D eigenvalue weighted by Gasteiger charge is -2.14. The number of nitrogens with zero attached hydrogens (tertiary/aromatic N) is 1. The van der Waals surface area contributed by atoms with Gasteiger partial charge in [0.25, 0.3) is 11.1 Å². The Balaban J connectivity index is 2.34. The van der Waals surface area contributed by atoms with Crippen molar-refractivity contribution in [1.29, 1.82) is 0 Å². The summed E-state index contributed by atoms with van der Waals surface area (Å²) in [5.41, 5.74) is 0.497. The molecule has 1 heterocycles. The SMILES string of the molecule is C#CCOc1c(/C=C2\SC(=O)N(CC(=O)OC(C)C)C2=O)cc(Br)cc1OC. The number of hydrogen-bond donors (Lipinski definition) is 0. The second kappa shape index (κ2) is 9.66. The number of carbonyl (C=O) groups is 3.